The molecule has 1 aromatic carbocycles. The highest BCUT2D eigenvalue weighted by molar-refractivity contribution is 5.75. The van der Waals surface area contributed by atoms with E-state index in [1.54, 1.807) is 7.11 Å². The maximum absolute atomic E-state index is 5.20. The molecule has 0 radical (unpaired) electrons. The number of methoxy groups -OCH3 is 1. The van der Waals surface area contributed by atoms with Gasteiger partial charge in [-0.2, -0.15) is 0 Å². The van der Waals surface area contributed by atoms with E-state index in [0.717, 1.165) is 24.6 Å². The molecule has 0 unspecified atom stereocenters. The second-order valence-electron chi connectivity index (χ2n) is 6.52. The van der Waals surface area contributed by atoms with Crippen LogP contribution >= 0.6 is 0 Å². The third-order valence-electron chi connectivity index (χ3n) is 4.92. The minimum Gasteiger partial charge on any atom is -0.385 e. The Bertz CT molecular complexity index is 587. The van der Waals surface area contributed by atoms with Crippen LogP contribution in [0.5, 0.6) is 0 Å². The molecule has 0 bridgehead atoms. The number of hydrogen-bond acceptors (Lipinski definition) is 3. The van der Waals surface area contributed by atoms with Crippen LogP contribution < -0.4 is 0 Å². The molecule has 0 amide bonds. The number of rotatable bonds is 6. The van der Waals surface area contributed by atoms with Gasteiger partial charge in [-0.3, -0.25) is 0 Å². The maximum Gasteiger partial charge on any atom is 0.0961 e. The molecule has 1 fully saturated rings. The Hall–Kier alpha value is -1.39. The Kier molecular flexibility index (Phi) is 5.11. The van der Waals surface area contributed by atoms with Crippen LogP contribution in [-0.4, -0.2) is 47.8 Å². The van der Waals surface area contributed by atoms with Gasteiger partial charge in [-0.25, -0.2) is 4.98 Å². The summed E-state index contributed by atoms with van der Waals surface area (Å²) in [4.78, 5) is 7.11. The fraction of sp³-hybridized carbons (Fsp3) is 0.611. The normalized spacial score (nSPS) is 18.8. The van der Waals surface area contributed by atoms with Gasteiger partial charge in [0.2, 0.25) is 0 Å². The van der Waals surface area contributed by atoms with Crippen LogP contribution in [-0.2, 0) is 4.74 Å². The Morgan fingerprint density at radius 2 is 2.05 bits per heavy atom. The maximum atomic E-state index is 5.20. The van der Waals surface area contributed by atoms with E-state index in [-0.39, 0.29) is 0 Å². The molecule has 1 aliphatic heterocycles. The van der Waals surface area contributed by atoms with Crippen LogP contribution in [0.2, 0.25) is 0 Å². The second kappa shape index (κ2) is 7.25. The number of para-hydroxylation sites is 2. The van der Waals surface area contributed by atoms with Gasteiger partial charge in [0.1, 0.15) is 0 Å². The number of benzene rings is 1. The van der Waals surface area contributed by atoms with Crippen LogP contribution in [0.15, 0.2) is 30.6 Å². The lowest BCUT2D eigenvalue weighted by Crippen LogP contribution is -2.37. The quantitative estimate of drug-likeness (QED) is 0.819. The van der Waals surface area contributed by atoms with E-state index >= 15 is 0 Å². The summed E-state index contributed by atoms with van der Waals surface area (Å²) >= 11 is 0. The molecular formula is C18H27N3O. The van der Waals surface area contributed by atoms with Gasteiger partial charge in [-0.1, -0.05) is 12.1 Å². The van der Waals surface area contributed by atoms with Gasteiger partial charge in [0.05, 0.1) is 17.4 Å². The number of piperidine rings is 1. The first-order valence-corrected chi connectivity index (χ1v) is 8.41. The molecule has 22 heavy (non-hydrogen) atoms. The largest absolute Gasteiger partial charge is 0.385 e. The highest BCUT2D eigenvalue weighted by Gasteiger charge is 2.21. The summed E-state index contributed by atoms with van der Waals surface area (Å²) in [5, 5.41) is 0. The van der Waals surface area contributed by atoms with Crippen molar-refractivity contribution in [2.45, 2.75) is 32.2 Å². The monoisotopic (exact) mass is 301 g/mol. The van der Waals surface area contributed by atoms with E-state index in [4.69, 9.17) is 4.74 Å². The molecule has 1 saturated heterocycles. The van der Waals surface area contributed by atoms with Gasteiger partial charge in [-0.05, 0) is 57.3 Å². The molecule has 1 aromatic heterocycles. The molecule has 1 aliphatic rings. The average molecular weight is 301 g/mol. The number of imidazole rings is 1. The predicted octanol–water partition coefficient (Wildman–Crippen LogP) is 3.35. The number of likely N-dealkylation sites (tertiary alicyclic amines) is 1. The van der Waals surface area contributed by atoms with Gasteiger partial charge in [0.15, 0.2) is 0 Å². The van der Waals surface area contributed by atoms with Crippen molar-refractivity contribution in [1.29, 1.82) is 0 Å². The highest BCUT2D eigenvalue weighted by Crippen LogP contribution is 2.23. The molecule has 0 spiro atoms. The predicted molar refractivity (Wildman–Crippen MR) is 90.1 cm³/mol. The smallest absolute Gasteiger partial charge is 0.0961 e. The van der Waals surface area contributed by atoms with Gasteiger partial charge < -0.3 is 14.2 Å². The van der Waals surface area contributed by atoms with Crippen molar-refractivity contribution in [3.63, 3.8) is 0 Å². The van der Waals surface area contributed by atoms with Gasteiger partial charge in [-0.15, -0.1) is 0 Å². The third kappa shape index (κ3) is 3.50. The summed E-state index contributed by atoms with van der Waals surface area (Å²) in [6, 6.07) is 8.85. The molecule has 3 rings (SSSR count). The minimum atomic E-state index is 0.461. The van der Waals surface area contributed by atoms with Crippen molar-refractivity contribution >= 4 is 11.0 Å². The van der Waals surface area contributed by atoms with E-state index in [2.05, 4.69) is 45.6 Å². The van der Waals surface area contributed by atoms with Gasteiger partial charge >= 0.3 is 0 Å². The van der Waals surface area contributed by atoms with Crippen molar-refractivity contribution in [1.82, 2.24) is 14.5 Å². The van der Waals surface area contributed by atoms with E-state index in [9.17, 15) is 0 Å². The number of nitrogens with zero attached hydrogens (tertiary/aromatic N) is 3. The van der Waals surface area contributed by atoms with E-state index < -0.39 is 0 Å². The summed E-state index contributed by atoms with van der Waals surface area (Å²) in [5.41, 5.74) is 2.33. The van der Waals surface area contributed by atoms with Crippen molar-refractivity contribution in [2.24, 2.45) is 5.92 Å². The van der Waals surface area contributed by atoms with Crippen molar-refractivity contribution in [3.05, 3.63) is 30.6 Å². The first kappa shape index (κ1) is 15.5. The van der Waals surface area contributed by atoms with Crippen LogP contribution in [0.4, 0.5) is 0 Å². The topological polar surface area (TPSA) is 30.3 Å². The molecule has 4 nitrogen and oxygen atoms in total. The lowest BCUT2D eigenvalue weighted by Gasteiger charge is -2.33. The van der Waals surface area contributed by atoms with Crippen LogP contribution in [0.25, 0.3) is 11.0 Å². The summed E-state index contributed by atoms with van der Waals surface area (Å²) in [7, 11) is 1.80. The molecule has 0 aliphatic carbocycles. The van der Waals surface area contributed by atoms with Gasteiger partial charge in [0.25, 0.3) is 0 Å². The fourth-order valence-corrected chi connectivity index (χ4v) is 3.53. The molecular weight excluding hydrogens is 274 g/mol. The lowest BCUT2D eigenvalue weighted by atomic mass is 9.94. The first-order chi connectivity index (χ1) is 10.8. The zero-order valence-corrected chi connectivity index (χ0v) is 13.7. The number of aromatic nitrogens is 2. The Labute approximate surface area is 133 Å². The summed E-state index contributed by atoms with van der Waals surface area (Å²) in [6.07, 6.45) is 5.81. The molecule has 4 heteroatoms. The van der Waals surface area contributed by atoms with E-state index in [1.165, 1.54) is 37.9 Å². The Morgan fingerprint density at radius 1 is 1.27 bits per heavy atom. The summed E-state index contributed by atoms with van der Waals surface area (Å²) in [5.74, 6) is 0.848. The molecule has 120 valence electrons. The summed E-state index contributed by atoms with van der Waals surface area (Å²) < 4.78 is 7.51. The minimum absolute atomic E-state index is 0.461. The van der Waals surface area contributed by atoms with Crippen molar-refractivity contribution in [2.75, 3.05) is 33.4 Å². The molecule has 0 saturated carbocycles. The second-order valence-corrected chi connectivity index (χ2v) is 6.52. The number of hydrogen-bond donors (Lipinski definition) is 0. The van der Waals surface area contributed by atoms with Gasteiger partial charge in [0, 0.05) is 26.3 Å². The molecule has 0 N–H and O–H groups in total. The first-order valence-electron chi connectivity index (χ1n) is 8.41. The van der Waals surface area contributed by atoms with Crippen LogP contribution in [0.3, 0.4) is 0 Å². The highest BCUT2D eigenvalue weighted by atomic mass is 16.5. The average Bonchev–Trinajstić information content (AvgIpc) is 2.98. The van der Waals surface area contributed by atoms with Crippen LogP contribution in [0.1, 0.15) is 32.2 Å². The standard InChI is InChI=1S/C18H27N3O/c1-15(21-14-19-17-5-3-4-6-18(17)21)13-20-10-7-16(8-11-20)9-12-22-2/h3-6,14-16H,7-13H2,1-2H3/t15-/m0/s1. The zero-order valence-electron chi connectivity index (χ0n) is 13.7. The van der Waals surface area contributed by atoms with Crippen molar-refractivity contribution in [3.8, 4) is 0 Å². The number of ether oxygens (including phenoxy) is 1. The van der Waals surface area contributed by atoms with Crippen LogP contribution in [0, 0.1) is 5.92 Å². The molecule has 2 heterocycles. The van der Waals surface area contributed by atoms with Crippen molar-refractivity contribution < 1.29 is 4.74 Å². The number of fused-ring (bicyclic) bond motifs is 1. The molecule has 1 atom stereocenters. The Morgan fingerprint density at radius 3 is 2.82 bits per heavy atom. The Balaban J connectivity index is 1.55. The zero-order chi connectivity index (χ0) is 15.4. The summed E-state index contributed by atoms with van der Waals surface area (Å²) in [6.45, 7) is 6.74. The van der Waals surface area contributed by atoms with E-state index in [1.807, 2.05) is 6.33 Å². The SMILES string of the molecule is COCCC1CCN(C[C@H](C)n2cnc3ccccc32)CC1. The molecule has 2 aromatic rings. The third-order valence-corrected chi connectivity index (χ3v) is 4.92. The van der Waals surface area contributed by atoms with E-state index in [0.29, 0.717) is 6.04 Å². The lowest BCUT2D eigenvalue weighted by molar-refractivity contribution is 0.128. The fourth-order valence-electron chi connectivity index (χ4n) is 3.53.